The summed E-state index contributed by atoms with van der Waals surface area (Å²) < 4.78 is 0. The van der Waals surface area contributed by atoms with Crippen LogP contribution in [0.5, 0.6) is 0 Å². The van der Waals surface area contributed by atoms with Gasteiger partial charge in [-0.3, -0.25) is 19.3 Å². The number of likely N-dealkylation sites (N-methyl/N-ethyl adjacent to an activating group) is 1. The van der Waals surface area contributed by atoms with E-state index < -0.39 is 0 Å². The van der Waals surface area contributed by atoms with Crippen LogP contribution >= 0.6 is 23.1 Å². The van der Waals surface area contributed by atoms with Crippen molar-refractivity contribution in [1.82, 2.24) is 9.80 Å². The van der Waals surface area contributed by atoms with Crippen molar-refractivity contribution < 1.29 is 14.4 Å². The Labute approximate surface area is 138 Å². The van der Waals surface area contributed by atoms with E-state index in [1.807, 2.05) is 32.9 Å². The Morgan fingerprint density at radius 1 is 1.27 bits per heavy atom. The van der Waals surface area contributed by atoms with E-state index in [0.29, 0.717) is 18.0 Å². The third kappa shape index (κ3) is 3.59. The van der Waals surface area contributed by atoms with E-state index in [2.05, 4.69) is 0 Å². The summed E-state index contributed by atoms with van der Waals surface area (Å²) in [6.45, 7) is 6.66. The third-order valence-electron chi connectivity index (χ3n) is 3.32. The zero-order valence-corrected chi connectivity index (χ0v) is 14.4. The van der Waals surface area contributed by atoms with Gasteiger partial charge in [-0.05, 0) is 50.7 Å². The average molecular weight is 338 g/mol. The van der Waals surface area contributed by atoms with E-state index in [-0.39, 0.29) is 23.6 Å². The van der Waals surface area contributed by atoms with Crippen LogP contribution in [0.15, 0.2) is 17.0 Å². The molecule has 5 nitrogen and oxygen atoms in total. The van der Waals surface area contributed by atoms with Crippen LogP contribution in [0.25, 0.3) is 6.08 Å². The number of imide groups is 1. The van der Waals surface area contributed by atoms with Gasteiger partial charge in [0.15, 0.2) is 0 Å². The number of carbonyl (C=O) groups is 3. The number of hydrogen-bond acceptors (Lipinski definition) is 5. The van der Waals surface area contributed by atoms with Crippen molar-refractivity contribution in [2.45, 2.75) is 20.8 Å². The summed E-state index contributed by atoms with van der Waals surface area (Å²) in [5.41, 5.74) is 0. The minimum absolute atomic E-state index is 0.187. The quantitative estimate of drug-likeness (QED) is 0.775. The van der Waals surface area contributed by atoms with Gasteiger partial charge in [0.25, 0.3) is 11.1 Å². The third-order valence-corrected chi connectivity index (χ3v) is 5.17. The second kappa shape index (κ2) is 7.11. The molecule has 1 aromatic heterocycles. The molecule has 0 bridgehead atoms. The summed E-state index contributed by atoms with van der Waals surface area (Å²) in [7, 11) is 0. The molecule has 0 aliphatic carbocycles. The zero-order valence-electron chi connectivity index (χ0n) is 12.8. The molecule has 2 heterocycles. The minimum atomic E-state index is -0.387. The molecule has 7 heteroatoms. The SMILES string of the molecule is CCN(CC)C(=O)CN1C(=O)S/C(=C\c2ccc(C)s2)C1=O. The second-order valence-corrected chi connectivity index (χ2v) is 7.09. The van der Waals surface area contributed by atoms with Crippen LogP contribution in [0.2, 0.25) is 0 Å². The average Bonchev–Trinajstić information content (AvgIpc) is 2.99. The lowest BCUT2D eigenvalue weighted by atomic mass is 10.3. The molecule has 0 radical (unpaired) electrons. The molecule has 1 aromatic rings. The minimum Gasteiger partial charge on any atom is -0.342 e. The molecule has 2 rings (SSSR count). The molecule has 1 fully saturated rings. The lowest BCUT2D eigenvalue weighted by Crippen LogP contribution is -2.41. The Morgan fingerprint density at radius 3 is 2.50 bits per heavy atom. The van der Waals surface area contributed by atoms with Crippen LogP contribution < -0.4 is 0 Å². The molecule has 0 N–H and O–H groups in total. The van der Waals surface area contributed by atoms with Crippen molar-refractivity contribution in [2.24, 2.45) is 0 Å². The molecule has 3 amide bonds. The van der Waals surface area contributed by atoms with Crippen molar-refractivity contribution >= 4 is 46.2 Å². The summed E-state index contributed by atoms with van der Waals surface area (Å²) in [4.78, 5) is 41.4. The van der Waals surface area contributed by atoms with Gasteiger partial charge < -0.3 is 4.90 Å². The van der Waals surface area contributed by atoms with Crippen molar-refractivity contribution in [3.05, 3.63) is 26.8 Å². The van der Waals surface area contributed by atoms with Gasteiger partial charge in [0.1, 0.15) is 6.54 Å². The highest BCUT2D eigenvalue weighted by Crippen LogP contribution is 2.33. The van der Waals surface area contributed by atoms with E-state index in [1.54, 1.807) is 22.3 Å². The fourth-order valence-electron chi connectivity index (χ4n) is 2.11. The Bertz CT molecular complexity index is 632. The molecule has 22 heavy (non-hydrogen) atoms. The first-order valence-electron chi connectivity index (χ1n) is 7.05. The molecule has 0 spiro atoms. The Morgan fingerprint density at radius 2 is 1.95 bits per heavy atom. The molecular weight excluding hydrogens is 320 g/mol. The zero-order chi connectivity index (χ0) is 16.3. The van der Waals surface area contributed by atoms with Gasteiger partial charge in [-0.2, -0.15) is 0 Å². The van der Waals surface area contributed by atoms with Gasteiger partial charge in [-0.25, -0.2) is 0 Å². The van der Waals surface area contributed by atoms with Crippen LogP contribution in [-0.2, 0) is 9.59 Å². The molecule has 118 valence electrons. The highest BCUT2D eigenvalue weighted by molar-refractivity contribution is 8.18. The Hall–Kier alpha value is -1.60. The molecule has 1 aliphatic heterocycles. The highest BCUT2D eigenvalue weighted by atomic mass is 32.2. The van der Waals surface area contributed by atoms with E-state index >= 15 is 0 Å². The molecular formula is C15H18N2O3S2. The monoisotopic (exact) mass is 338 g/mol. The number of aryl methyl sites for hydroxylation is 1. The van der Waals surface area contributed by atoms with E-state index in [0.717, 1.165) is 26.4 Å². The van der Waals surface area contributed by atoms with Crippen molar-refractivity contribution in [3.8, 4) is 0 Å². The molecule has 0 unspecified atom stereocenters. The standard InChI is InChI=1S/C15H18N2O3S2/c1-4-16(5-2)13(18)9-17-14(19)12(22-15(17)20)8-11-7-6-10(3)21-11/h6-8H,4-5,9H2,1-3H3/b12-8-. The fourth-order valence-corrected chi connectivity index (χ4v) is 3.83. The highest BCUT2D eigenvalue weighted by Gasteiger charge is 2.36. The van der Waals surface area contributed by atoms with Gasteiger partial charge in [-0.1, -0.05) is 0 Å². The lowest BCUT2D eigenvalue weighted by Gasteiger charge is -2.21. The summed E-state index contributed by atoms with van der Waals surface area (Å²) in [5, 5.41) is -0.384. The first kappa shape index (κ1) is 16.8. The summed E-state index contributed by atoms with van der Waals surface area (Å²) >= 11 is 2.45. The maximum atomic E-state index is 12.3. The number of rotatable bonds is 5. The number of amides is 3. The van der Waals surface area contributed by atoms with Crippen LogP contribution in [0.4, 0.5) is 4.79 Å². The van der Waals surface area contributed by atoms with Gasteiger partial charge in [0, 0.05) is 22.8 Å². The summed E-state index contributed by atoms with van der Waals surface area (Å²) in [6, 6.07) is 3.87. The lowest BCUT2D eigenvalue weighted by molar-refractivity contribution is -0.135. The molecule has 1 aliphatic rings. The first-order chi connectivity index (χ1) is 10.5. The number of carbonyl (C=O) groups excluding carboxylic acids is 3. The smallest absolute Gasteiger partial charge is 0.294 e. The van der Waals surface area contributed by atoms with Crippen molar-refractivity contribution in [1.29, 1.82) is 0 Å². The number of thioether (sulfide) groups is 1. The molecule has 0 aromatic carbocycles. The van der Waals surface area contributed by atoms with Crippen molar-refractivity contribution in [3.63, 3.8) is 0 Å². The maximum absolute atomic E-state index is 12.3. The molecule has 0 saturated carbocycles. The number of hydrogen-bond donors (Lipinski definition) is 0. The number of thiophene rings is 1. The van der Waals surface area contributed by atoms with Crippen LogP contribution in [0, 0.1) is 6.92 Å². The first-order valence-corrected chi connectivity index (χ1v) is 8.69. The topological polar surface area (TPSA) is 57.7 Å². The second-order valence-electron chi connectivity index (χ2n) is 4.78. The van der Waals surface area contributed by atoms with Gasteiger partial charge in [-0.15, -0.1) is 11.3 Å². The summed E-state index contributed by atoms with van der Waals surface area (Å²) in [5.74, 6) is -0.595. The normalized spacial score (nSPS) is 16.7. The van der Waals surface area contributed by atoms with Crippen LogP contribution in [0.3, 0.4) is 0 Å². The van der Waals surface area contributed by atoms with Crippen LogP contribution in [0.1, 0.15) is 23.6 Å². The number of nitrogens with zero attached hydrogens (tertiary/aromatic N) is 2. The van der Waals surface area contributed by atoms with Crippen LogP contribution in [-0.4, -0.2) is 46.5 Å². The Balaban J connectivity index is 2.12. The van der Waals surface area contributed by atoms with Gasteiger partial charge >= 0.3 is 0 Å². The van der Waals surface area contributed by atoms with E-state index in [1.165, 1.54) is 0 Å². The largest absolute Gasteiger partial charge is 0.342 e. The van der Waals surface area contributed by atoms with Gasteiger partial charge in [0.2, 0.25) is 5.91 Å². The molecule has 0 atom stereocenters. The van der Waals surface area contributed by atoms with Crippen molar-refractivity contribution in [2.75, 3.05) is 19.6 Å². The van der Waals surface area contributed by atoms with Gasteiger partial charge in [0.05, 0.1) is 4.91 Å². The van der Waals surface area contributed by atoms with E-state index in [4.69, 9.17) is 0 Å². The predicted octanol–water partition coefficient (Wildman–Crippen LogP) is 2.96. The Kier molecular flexibility index (Phi) is 5.42. The summed E-state index contributed by atoms with van der Waals surface area (Å²) in [6.07, 6.45) is 1.71. The predicted molar refractivity (Wildman–Crippen MR) is 89.7 cm³/mol. The molecule has 1 saturated heterocycles. The maximum Gasteiger partial charge on any atom is 0.294 e. The fraction of sp³-hybridized carbons (Fsp3) is 0.400. The van der Waals surface area contributed by atoms with E-state index in [9.17, 15) is 14.4 Å².